The molecule has 3 rings (SSSR count). The van der Waals surface area contributed by atoms with Crippen LogP contribution in [-0.2, 0) is 6.54 Å². The van der Waals surface area contributed by atoms with Gasteiger partial charge in [-0.05, 0) is 25.0 Å². The molecule has 1 aliphatic rings. The van der Waals surface area contributed by atoms with Gasteiger partial charge in [-0.25, -0.2) is 0 Å². The van der Waals surface area contributed by atoms with Crippen LogP contribution in [0.3, 0.4) is 0 Å². The fraction of sp³-hybridized carbons (Fsp3) is 0.429. The third-order valence-electron chi connectivity index (χ3n) is 3.23. The number of nitrogens with one attached hydrogen (secondary N) is 1. The Balaban J connectivity index is 1.80. The van der Waals surface area contributed by atoms with Crippen molar-refractivity contribution in [3.05, 3.63) is 23.2 Å². The van der Waals surface area contributed by atoms with Crippen LogP contribution in [0.15, 0.2) is 18.2 Å². The van der Waals surface area contributed by atoms with E-state index < -0.39 is 0 Å². The SMILES string of the molecule is COc1ccc(-c2nnc(CNC3CC3)s2)c(OC)c1. The number of aromatic nitrogens is 2. The van der Waals surface area contributed by atoms with Gasteiger partial charge in [0.15, 0.2) is 5.01 Å². The van der Waals surface area contributed by atoms with Crippen molar-refractivity contribution >= 4 is 11.3 Å². The second-order valence-corrected chi connectivity index (χ2v) is 5.78. The lowest BCUT2D eigenvalue weighted by molar-refractivity contribution is 0.395. The van der Waals surface area contributed by atoms with Gasteiger partial charge in [-0.2, -0.15) is 0 Å². The lowest BCUT2D eigenvalue weighted by Crippen LogP contribution is -2.14. The molecule has 1 fully saturated rings. The van der Waals surface area contributed by atoms with Gasteiger partial charge in [0, 0.05) is 18.7 Å². The molecule has 6 heteroatoms. The van der Waals surface area contributed by atoms with Gasteiger partial charge in [0.25, 0.3) is 0 Å². The molecule has 0 aliphatic heterocycles. The molecule has 2 aromatic rings. The Labute approximate surface area is 121 Å². The molecule has 1 aromatic heterocycles. The summed E-state index contributed by atoms with van der Waals surface area (Å²) < 4.78 is 10.6. The van der Waals surface area contributed by atoms with Gasteiger partial charge < -0.3 is 14.8 Å². The minimum Gasteiger partial charge on any atom is -0.497 e. The highest BCUT2D eigenvalue weighted by Gasteiger charge is 2.21. The molecular formula is C14H17N3O2S. The molecule has 106 valence electrons. The van der Waals surface area contributed by atoms with Gasteiger partial charge in [0.2, 0.25) is 0 Å². The minimum atomic E-state index is 0.679. The number of hydrogen-bond donors (Lipinski definition) is 1. The van der Waals surface area contributed by atoms with Crippen LogP contribution in [-0.4, -0.2) is 30.5 Å². The fourth-order valence-corrected chi connectivity index (χ4v) is 2.75. The van der Waals surface area contributed by atoms with E-state index in [-0.39, 0.29) is 0 Å². The molecule has 0 amide bonds. The maximum absolute atomic E-state index is 5.40. The normalized spacial score (nSPS) is 14.3. The monoisotopic (exact) mass is 291 g/mol. The molecule has 5 nitrogen and oxygen atoms in total. The number of methoxy groups -OCH3 is 2. The minimum absolute atomic E-state index is 0.679. The molecule has 1 N–H and O–H groups in total. The predicted molar refractivity (Wildman–Crippen MR) is 78.3 cm³/mol. The highest BCUT2D eigenvalue weighted by Crippen LogP contribution is 2.34. The van der Waals surface area contributed by atoms with Crippen LogP contribution >= 0.6 is 11.3 Å². The maximum Gasteiger partial charge on any atom is 0.151 e. The number of rotatable bonds is 6. The van der Waals surface area contributed by atoms with Crippen LogP contribution in [0.2, 0.25) is 0 Å². The lowest BCUT2D eigenvalue weighted by atomic mass is 10.2. The van der Waals surface area contributed by atoms with E-state index in [1.807, 2.05) is 18.2 Å². The van der Waals surface area contributed by atoms with Crippen molar-refractivity contribution in [2.75, 3.05) is 14.2 Å². The van der Waals surface area contributed by atoms with Crippen molar-refractivity contribution in [1.29, 1.82) is 0 Å². The summed E-state index contributed by atoms with van der Waals surface area (Å²) in [4.78, 5) is 0. The summed E-state index contributed by atoms with van der Waals surface area (Å²) in [5.74, 6) is 1.52. The summed E-state index contributed by atoms with van der Waals surface area (Å²) in [6, 6.07) is 6.40. The molecule has 1 aromatic carbocycles. The van der Waals surface area contributed by atoms with Crippen LogP contribution in [0.1, 0.15) is 17.8 Å². The molecule has 20 heavy (non-hydrogen) atoms. The molecule has 1 aliphatic carbocycles. The molecule has 0 spiro atoms. The Bertz CT molecular complexity index is 596. The zero-order chi connectivity index (χ0) is 13.9. The van der Waals surface area contributed by atoms with Crippen LogP contribution in [0, 0.1) is 0 Å². The summed E-state index contributed by atoms with van der Waals surface area (Å²) in [5, 5.41) is 13.8. The second-order valence-electron chi connectivity index (χ2n) is 4.72. The Morgan fingerprint density at radius 1 is 1.25 bits per heavy atom. The van der Waals surface area contributed by atoms with Crippen LogP contribution in [0.5, 0.6) is 11.5 Å². The van der Waals surface area contributed by atoms with Gasteiger partial charge in [-0.3, -0.25) is 0 Å². The van der Waals surface area contributed by atoms with Crippen molar-refractivity contribution in [1.82, 2.24) is 15.5 Å². The van der Waals surface area contributed by atoms with E-state index in [2.05, 4.69) is 15.5 Å². The van der Waals surface area contributed by atoms with E-state index >= 15 is 0 Å². The summed E-state index contributed by atoms with van der Waals surface area (Å²) in [5.41, 5.74) is 0.948. The first-order chi connectivity index (χ1) is 9.80. The number of benzene rings is 1. The van der Waals surface area contributed by atoms with Gasteiger partial charge in [0.1, 0.15) is 16.5 Å². The van der Waals surface area contributed by atoms with E-state index in [4.69, 9.17) is 9.47 Å². The first-order valence-corrected chi connectivity index (χ1v) is 7.40. The van der Waals surface area contributed by atoms with Gasteiger partial charge in [-0.1, -0.05) is 11.3 Å². The van der Waals surface area contributed by atoms with E-state index in [0.29, 0.717) is 6.04 Å². The van der Waals surface area contributed by atoms with E-state index in [0.717, 1.165) is 33.6 Å². The maximum atomic E-state index is 5.40. The third kappa shape index (κ3) is 2.91. The smallest absolute Gasteiger partial charge is 0.151 e. The molecule has 0 bridgehead atoms. The molecule has 0 atom stereocenters. The average molecular weight is 291 g/mol. The Morgan fingerprint density at radius 2 is 2.10 bits per heavy atom. The molecule has 0 unspecified atom stereocenters. The Hall–Kier alpha value is -1.66. The zero-order valence-corrected chi connectivity index (χ0v) is 12.4. The van der Waals surface area contributed by atoms with E-state index in [1.54, 1.807) is 25.6 Å². The Morgan fingerprint density at radius 3 is 2.80 bits per heavy atom. The summed E-state index contributed by atoms with van der Waals surface area (Å²) >= 11 is 1.59. The molecule has 1 heterocycles. The summed E-state index contributed by atoms with van der Waals surface area (Å²) in [6.45, 7) is 0.792. The first kappa shape index (κ1) is 13.3. The summed E-state index contributed by atoms with van der Waals surface area (Å²) in [7, 11) is 3.29. The van der Waals surface area contributed by atoms with E-state index in [1.165, 1.54) is 12.8 Å². The number of hydrogen-bond acceptors (Lipinski definition) is 6. The number of nitrogens with zero attached hydrogens (tertiary/aromatic N) is 2. The van der Waals surface area contributed by atoms with Crippen LogP contribution < -0.4 is 14.8 Å². The first-order valence-electron chi connectivity index (χ1n) is 6.58. The summed E-state index contributed by atoms with van der Waals surface area (Å²) in [6.07, 6.45) is 2.55. The standard InChI is InChI=1S/C14H17N3O2S/c1-18-10-5-6-11(12(7-10)19-2)14-17-16-13(20-14)8-15-9-3-4-9/h5-7,9,15H,3-4,8H2,1-2H3. The molecule has 1 saturated carbocycles. The van der Waals surface area contributed by atoms with Crippen molar-refractivity contribution in [2.45, 2.75) is 25.4 Å². The lowest BCUT2D eigenvalue weighted by Gasteiger charge is -2.07. The molecule has 0 radical (unpaired) electrons. The number of ether oxygens (including phenoxy) is 2. The molecule has 0 saturated heterocycles. The fourth-order valence-electron chi connectivity index (χ4n) is 1.93. The highest BCUT2D eigenvalue weighted by molar-refractivity contribution is 7.14. The van der Waals surface area contributed by atoms with Gasteiger partial charge in [-0.15, -0.1) is 10.2 Å². The predicted octanol–water partition coefficient (Wildman–Crippen LogP) is 2.47. The topological polar surface area (TPSA) is 56.3 Å². The average Bonchev–Trinajstić information content (AvgIpc) is 3.21. The Kier molecular flexibility index (Phi) is 3.84. The largest absolute Gasteiger partial charge is 0.497 e. The molecular weight excluding hydrogens is 274 g/mol. The van der Waals surface area contributed by atoms with Crippen molar-refractivity contribution in [3.63, 3.8) is 0 Å². The highest BCUT2D eigenvalue weighted by atomic mass is 32.1. The van der Waals surface area contributed by atoms with Crippen molar-refractivity contribution in [2.24, 2.45) is 0 Å². The van der Waals surface area contributed by atoms with E-state index in [9.17, 15) is 0 Å². The third-order valence-corrected chi connectivity index (χ3v) is 4.18. The van der Waals surface area contributed by atoms with Crippen molar-refractivity contribution in [3.8, 4) is 22.1 Å². The zero-order valence-electron chi connectivity index (χ0n) is 11.5. The van der Waals surface area contributed by atoms with Gasteiger partial charge >= 0.3 is 0 Å². The second kappa shape index (κ2) is 5.76. The van der Waals surface area contributed by atoms with Gasteiger partial charge in [0.05, 0.1) is 19.8 Å². The van der Waals surface area contributed by atoms with Crippen molar-refractivity contribution < 1.29 is 9.47 Å². The van der Waals surface area contributed by atoms with Crippen LogP contribution in [0.25, 0.3) is 10.6 Å². The van der Waals surface area contributed by atoms with Crippen LogP contribution in [0.4, 0.5) is 0 Å². The quantitative estimate of drug-likeness (QED) is 0.886.